The molecule has 0 aliphatic heterocycles. The lowest BCUT2D eigenvalue weighted by Gasteiger charge is -2.06. The van der Waals surface area contributed by atoms with E-state index in [1.165, 1.54) is 0 Å². The second kappa shape index (κ2) is 6.06. The maximum Gasteiger partial charge on any atom is 0.135 e. The molecule has 0 aliphatic rings. The number of furan rings is 1. The molecule has 1 N–H and O–H groups in total. The van der Waals surface area contributed by atoms with Gasteiger partial charge in [0.25, 0.3) is 0 Å². The second-order valence-corrected chi connectivity index (χ2v) is 6.01. The van der Waals surface area contributed by atoms with Crippen molar-refractivity contribution < 1.29 is 4.42 Å². The quantitative estimate of drug-likeness (QED) is 0.563. The van der Waals surface area contributed by atoms with Crippen molar-refractivity contribution in [2.24, 2.45) is 7.05 Å². The van der Waals surface area contributed by atoms with Crippen LogP contribution in [0.3, 0.4) is 0 Å². The average molecular weight is 338 g/mol. The molecule has 2 aromatic heterocycles. The van der Waals surface area contributed by atoms with Crippen molar-refractivity contribution in [2.45, 2.75) is 6.54 Å². The topological polar surface area (TPSA) is 43.0 Å². The molecule has 5 heteroatoms. The van der Waals surface area contributed by atoms with Gasteiger partial charge in [-0.05, 0) is 36.4 Å². The van der Waals surface area contributed by atoms with Crippen molar-refractivity contribution in [2.75, 3.05) is 5.32 Å². The van der Waals surface area contributed by atoms with Gasteiger partial charge in [0.2, 0.25) is 0 Å². The van der Waals surface area contributed by atoms with E-state index in [9.17, 15) is 0 Å². The van der Waals surface area contributed by atoms with Crippen LogP contribution in [-0.4, -0.2) is 9.78 Å². The molecule has 2 aromatic carbocycles. The van der Waals surface area contributed by atoms with E-state index < -0.39 is 0 Å². The van der Waals surface area contributed by atoms with Crippen LogP contribution in [0.25, 0.3) is 22.2 Å². The molecule has 2 heterocycles. The Morgan fingerprint density at radius 3 is 2.83 bits per heavy atom. The summed E-state index contributed by atoms with van der Waals surface area (Å²) in [5, 5.41) is 9.50. The standard InChI is InChI=1S/C19H16ClN3O/c1-23-18-8-4-7-17(15(18)12-22-23)21-11-13-9-10-19(24-13)14-5-2-3-6-16(14)20/h2-10,12,21H,11H2,1H3. The summed E-state index contributed by atoms with van der Waals surface area (Å²) in [6.07, 6.45) is 1.87. The first kappa shape index (κ1) is 14.8. The summed E-state index contributed by atoms with van der Waals surface area (Å²) in [7, 11) is 1.94. The Balaban J connectivity index is 1.55. The van der Waals surface area contributed by atoms with Crippen LogP contribution >= 0.6 is 11.6 Å². The average Bonchev–Trinajstić information content (AvgIpc) is 3.21. The highest BCUT2D eigenvalue weighted by Gasteiger charge is 2.09. The zero-order chi connectivity index (χ0) is 16.5. The first-order chi connectivity index (χ1) is 11.7. The smallest absolute Gasteiger partial charge is 0.135 e. The van der Waals surface area contributed by atoms with Crippen LogP contribution in [0.2, 0.25) is 5.02 Å². The molecule has 120 valence electrons. The molecule has 0 radical (unpaired) electrons. The lowest BCUT2D eigenvalue weighted by atomic mass is 10.2. The molecule has 0 atom stereocenters. The SMILES string of the molecule is Cn1ncc2c(NCc3ccc(-c4ccccc4Cl)o3)cccc21. The van der Waals surface area contributed by atoms with Crippen LogP contribution in [0.5, 0.6) is 0 Å². The van der Waals surface area contributed by atoms with Gasteiger partial charge in [-0.3, -0.25) is 4.68 Å². The van der Waals surface area contributed by atoms with Gasteiger partial charge in [0.15, 0.2) is 0 Å². The van der Waals surface area contributed by atoms with E-state index in [1.807, 2.05) is 66.5 Å². The molecule has 0 fully saturated rings. The van der Waals surface area contributed by atoms with E-state index in [1.54, 1.807) is 0 Å². The molecule has 24 heavy (non-hydrogen) atoms. The zero-order valence-electron chi connectivity index (χ0n) is 13.2. The largest absolute Gasteiger partial charge is 0.459 e. The summed E-state index contributed by atoms with van der Waals surface area (Å²) in [6.45, 7) is 0.596. The number of nitrogens with one attached hydrogen (secondary N) is 1. The number of hydrogen-bond donors (Lipinski definition) is 1. The van der Waals surface area contributed by atoms with Crippen LogP contribution in [0, 0.1) is 0 Å². The fourth-order valence-electron chi connectivity index (χ4n) is 2.79. The number of fused-ring (bicyclic) bond motifs is 1. The van der Waals surface area contributed by atoms with Gasteiger partial charge in [-0.2, -0.15) is 5.10 Å². The molecule has 0 saturated heterocycles. The summed E-state index contributed by atoms with van der Waals surface area (Å²) in [6, 6.07) is 17.7. The van der Waals surface area contributed by atoms with Crippen LogP contribution in [0.15, 0.2) is 65.2 Å². The molecule has 0 saturated carbocycles. The summed E-state index contributed by atoms with van der Waals surface area (Å²) < 4.78 is 7.79. The molecule has 4 rings (SSSR count). The fraction of sp³-hybridized carbons (Fsp3) is 0.105. The van der Waals surface area contributed by atoms with Crippen molar-refractivity contribution >= 4 is 28.2 Å². The number of aryl methyl sites for hydroxylation is 1. The third kappa shape index (κ3) is 2.65. The predicted molar refractivity (Wildman–Crippen MR) is 97.2 cm³/mol. The Hall–Kier alpha value is -2.72. The molecule has 4 aromatic rings. The normalized spacial score (nSPS) is 11.1. The molecular formula is C19H16ClN3O. The van der Waals surface area contributed by atoms with Gasteiger partial charge >= 0.3 is 0 Å². The number of halogens is 1. The molecule has 4 nitrogen and oxygen atoms in total. The third-order valence-electron chi connectivity index (χ3n) is 4.05. The van der Waals surface area contributed by atoms with Crippen LogP contribution < -0.4 is 5.32 Å². The molecular weight excluding hydrogens is 322 g/mol. The van der Waals surface area contributed by atoms with Gasteiger partial charge in [-0.25, -0.2) is 0 Å². The maximum atomic E-state index is 6.22. The van der Waals surface area contributed by atoms with Crippen molar-refractivity contribution in [1.82, 2.24) is 9.78 Å². The van der Waals surface area contributed by atoms with Crippen LogP contribution in [0.4, 0.5) is 5.69 Å². The lowest BCUT2D eigenvalue weighted by molar-refractivity contribution is 0.531. The van der Waals surface area contributed by atoms with Gasteiger partial charge < -0.3 is 9.73 Å². The second-order valence-electron chi connectivity index (χ2n) is 5.61. The van der Waals surface area contributed by atoms with Crippen LogP contribution in [-0.2, 0) is 13.6 Å². The fourth-order valence-corrected chi connectivity index (χ4v) is 3.02. The van der Waals surface area contributed by atoms with E-state index in [2.05, 4.69) is 16.5 Å². The van der Waals surface area contributed by atoms with Crippen molar-refractivity contribution in [3.63, 3.8) is 0 Å². The van der Waals surface area contributed by atoms with Gasteiger partial charge in [0.1, 0.15) is 11.5 Å². The number of anilines is 1. The number of aromatic nitrogens is 2. The number of nitrogens with zero attached hydrogens (tertiary/aromatic N) is 2. The highest BCUT2D eigenvalue weighted by atomic mass is 35.5. The molecule has 0 amide bonds. The summed E-state index contributed by atoms with van der Waals surface area (Å²) in [5.41, 5.74) is 3.03. The van der Waals surface area contributed by atoms with E-state index in [4.69, 9.17) is 16.0 Å². The van der Waals surface area contributed by atoms with E-state index >= 15 is 0 Å². The Labute approximate surface area is 144 Å². The highest BCUT2D eigenvalue weighted by Crippen LogP contribution is 2.29. The minimum atomic E-state index is 0.596. The van der Waals surface area contributed by atoms with Gasteiger partial charge in [0, 0.05) is 23.7 Å². The first-order valence-electron chi connectivity index (χ1n) is 7.70. The minimum absolute atomic E-state index is 0.596. The highest BCUT2D eigenvalue weighted by molar-refractivity contribution is 6.33. The van der Waals surface area contributed by atoms with E-state index in [0.29, 0.717) is 11.6 Å². The Bertz CT molecular complexity index is 1000. The number of hydrogen-bond acceptors (Lipinski definition) is 3. The summed E-state index contributed by atoms with van der Waals surface area (Å²) in [4.78, 5) is 0. The first-order valence-corrected chi connectivity index (χ1v) is 8.08. The summed E-state index contributed by atoms with van der Waals surface area (Å²) >= 11 is 6.22. The van der Waals surface area contributed by atoms with Gasteiger partial charge in [-0.1, -0.05) is 29.8 Å². The minimum Gasteiger partial charge on any atom is -0.459 e. The predicted octanol–water partition coefficient (Wildman–Crippen LogP) is 5.10. The Morgan fingerprint density at radius 1 is 1.08 bits per heavy atom. The monoisotopic (exact) mass is 337 g/mol. The molecule has 0 spiro atoms. The van der Waals surface area contributed by atoms with Crippen molar-refractivity contribution in [3.8, 4) is 11.3 Å². The van der Waals surface area contributed by atoms with Crippen molar-refractivity contribution in [3.05, 3.63) is 71.6 Å². The van der Waals surface area contributed by atoms with Gasteiger partial charge in [0.05, 0.1) is 23.3 Å². The zero-order valence-corrected chi connectivity index (χ0v) is 13.9. The lowest BCUT2D eigenvalue weighted by Crippen LogP contribution is -1.98. The third-order valence-corrected chi connectivity index (χ3v) is 4.38. The van der Waals surface area contributed by atoms with E-state index in [0.717, 1.165) is 33.7 Å². The number of benzene rings is 2. The Morgan fingerprint density at radius 2 is 1.96 bits per heavy atom. The van der Waals surface area contributed by atoms with Gasteiger partial charge in [-0.15, -0.1) is 0 Å². The molecule has 0 aliphatic carbocycles. The maximum absolute atomic E-state index is 6.22. The van der Waals surface area contributed by atoms with Crippen LogP contribution in [0.1, 0.15) is 5.76 Å². The van der Waals surface area contributed by atoms with E-state index in [-0.39, 0.29) is 0 Å². The Kier molecular flexibility index (Phi) is 3.75. The molecule has 0 bridgehead atoms. The summed E-state index contributed by atoms with van der Waals surface area (Å²) in [5.74, 6) is 1.63. The van der Waals surface area contributed by atoms with Crippen molar-refractivity contribution in [1.29, 1.82) is 0 Å². The molecule has 0 unspecified atom stereocenters. The number of rotatable bonds is 4.